The molecule has 0 amide bonds. The first-order chi connectivity index (χ1) is 10.5. The van der Waals surface area contributed by atoms with Gasteiger partial charge in [-0.05, 0) is 37.0 Å². The zero-order valence-corrected chi connectivity index (χ0v) is 15.6. The number of halogens is 6. The Morgan fingerprint density at radius 2 is 1.67 bits per heavy atom. The largest absolute Gasteiger partial charge is 1.00 e. The van der Waals surface area contributed by atoms with E-state index in [1.54, 1.807) is 6.92 Å². The summed E-state index contributed by atoms with van der Waals surface area (Å²) >= 11 is 0. The van der Waals surface area contributed by atoms with E-state index >= 15 is 0 Å². The van der Waals surface area contributed by atoms with Gasteiger partial charge in [0.15, 0.2) is 0 Å². The van der Waals surface area contributed by atoms with Gasteiger partial charge in [-0.3, -0.25) is 0 Å². The molecule has 24 heavy (non-hydrogen) atoms. The van der Waals surface area contributed by atoms with Crippen LogP contribution in [0.25, 0.3) is 0 Å². The molecule has 0 aromatic carbocycles. The minimum absolute atomic E-state index is 0. The molecular formula is C15H19F6NaO2. The molecule has 0 aliphatic heterocycles. The fourth-order valence-corrected chi connectivity index (χ4v) is 3.51. The van der Waals surface area contributed by atoms with Gasteiger partial charge >= 0.3 is 41.9 Å². The Morgan fingerprint density at radius 3 is 2.04 bits per heavy atom. The molecule has 0 spiro atoms. The molecule has 2 bridgehead atoms. The van der Waals surface area contributed by atoms with Crippen LogP contribution in [0.1, 0.15) is 32.6 Å². The Kier molecular flexibility index (Phi) is 7.30. The third-order valence-electron chi connectivity index (χ3n) is 4.80. The quantitative estimate of drug-likeness (QED) is 0.391. The van der Waals surface area contributed by atoms with Gasteiger partial charge in [-0.25, -0.2) is 0 Å². The second-order valence-corrected chi connectivity index (χ2v) is 6.40. The number of hydrogen-bond acceptors (Lipinski definition) is 2. The number of hydrogen-bond donors (Lipinski definition) is 0. The molecule has 134 valence electrons. The normalized spacial score (nSPS) is 28.1. The van der Waals surface area contributed by atoms with Crippen LogP contribution in [0.5, 0.6) is 0 Å². The van der Waals surface area contributed by atoms with Crippen LogP contribution >= 0.6 is 0 Å². The Morgan fingerprint density at radius 1 is 1.08 bits per heavy atom. The van der Waals surface area contributed by atoms with Crippen molar-refractivity contribution in [2.75, 3.05) is 6.61 Å². The van der Waals surface area contributed by atoms with E-state index in [9.17, 15) is 31.4 Å². The number of fused-ring (bicyclic) bond motifs is 2. The predicted molar refractivity (Wildman–Crippen MR) is 68.3 cm³/mol. The van der Waals surface area contributed by atoms with E-state index in [1.807, 2.05) is 12.2 Å². The van der Waals surface area contributed by atoms with Gasteiger partial charge in [0.1, 0.15) is 5.60 Å². The molecule has 1 saturated carbocycles. The van der Waals surface area contributed by atoms with Crippen molar-refractivity contribution in [3.05, 3.63) is 12.2 Å². The first-order valence-electron chi connectivity index (χ1n) is 7.63. The summed E-state index contributed by atoms with van der Waals surface area (Å²) in [5.41, 5.74) is -5.08. The molecule has 0 N–H and O–H groups in total. The fraction of sp³-hybridized carbons (Fsp3) is 0.867. The maximum Gasteiger partial charge on any atom is 1.00 e. The summed E-state index contributed by atoms with van der Waals surface area (Å²) in [7, 11) is 0. The Bertz CT molecular complexity index is 434. The molecule has 1 fully saturated rings. The van der Waals surface area contributed by atoms with Gasteiger partial charge in [0.05, 0.1) is 12.7 Å². The van der Waals surface area contributed by atoms with Gasteiger partial charge < -0.3 is 9.84 Å². The number of allylic oxidation sites excluding steroid dienone is 2. The van der Waals surface area contributed by atoms with Gasteiger partial charge in [-0.2, -0.15) is 26.3 Å². The molecule has 0 heterocycles. The monoisotopic (exact) mass is 368 g/mol. The molecular weight excluding hydrogens is 349 g/mol. The van der Waals surface area contributed by atoms with E-state index in [1.165, 1.54) is 0 Å². The Hall–Kier alpha value is 0.240. The van der Waals surface area contributed by atoms with Crippen molar-refractivity contribution in [1.29, 1.82) is 0 Å². The number of ether oxygens (including phenoxy) is 1. The van der Waals surface area contributed by atoms with Gasteiger partial charge in [0.25, 0.3) is 0 Å². The molecule has 4 atom stereocenters. The van der Waals surface area contributed by atoms with Crippen LogP contribution in [0.2, 0.25) is 0 Å². The van der Waals surface area contributed by atoms with Crippen molar-refractivity contribution in [3.63, 3.8) is 0 Å². The summed E-state index contributed by atoms with van der Waals surface area (Å²) in [4.78, 5) is 0. The first kappa shape index (κ1) is 22.3. The first-order valence-corrected chi connectivity index (χ1v) is 7.63. The molecule has 0 saturated heterocycles. The molecule has 9 heteroatoms. The van der Waals surface area contributed by atoms with E-state index in [4.69, 9.17) is 4.74 Å². The van der Waals surface area contributed by atoms with Crippen LogP contribution < -0.4 is 34.7 Å². The van der Waals surface area contributed by atoms with Crippen LogP contribution in [0.4, 0.5) is 26.3 Å². The number of rotatable bonds is 6. The third kappa shape index (κ3) is 4.31. The van der Waals surface area contributed by atoms with E-state index in [2.05, 4.69) is 0 Å². The predicted octanol–water partition coefficient (Wildman–Crippen LogP) is 0.612. The molecule has 0 aromatic rings. The van der Waals surface area contributed by atoms with E-state index < -0.39 is 30.7 Å². The molecule has 2 rings (SSSR count). The average molecular weight is 368 g/mol. The summed E-state index contributed by atoms with van der Waals surface area (Å²) < 4.78 is 80.8. The SMILES string of the molecule is CCCC(OCC([O-])(C(F)(F)F)C(F)(F)F)C1CC2C=CC1C2.[Na+]. The van der Waals surface area contributed by atoms with Gasteiger partial charge in [0, 0.05) is 0 Å². The summed E-state index contributed by atoms with van der Waals surface area (Å²) in [6.07, 6.45) is -6.23. The van der Waals surface area contributed by atoms with Gasteiger partial charge in [0.2, 0.25) is 0 Å². The summed E-state index contributed by atoms with van der Waals surface area (Å²) in [6.45, 7) is -0.153. The fourth-order valence-electron chi connectivity index (χ4n) is 3.51. The molecule has 2 nitrogen and oxygen atoms in total. The van der Waals surface area contributed by atoms with Crippen molar-refractivity contribution in [2.45, 2.75) is 56.7 Å². The summed E-state index contributed by atoms with van der Waals surface area (Å²) in [5, 5.41) is 11.4. The van der Waals surface area contributed by atoms with Gasteiger partial charge in [-0.15, -0.1) is 0 Å². The minimum Gasteiger partial charge on any atom is -0.835 e. The molecule has 2 aliphatic rings. The van der Waals surface area contributed by atoms with E-state index in [0.29, 0.717) is 25.2 Å². The van der Waals surface area contributed by atoms with Crippen LogP contribution in [0.3, 0.4) is 0 Å². The van der Waals surface area contributed by atoms with Gasteiger partial charge in [-0.1, -0.05) is 25.5 Å². The van der Waals surface area contributed by atoms with Crippen LogP contribution in [-0.2, 0) is 4.74 Å². The zero-order chi connectivity index (χ0) is 17.5. The van der Waals surface area contributed by atoms with Crippen molar-refractivity contribution in [3.8, 4) is 0 Å². The van der Waals surface area contributed by atoms with Crippen molar-refractivity contribution in [2.24, 2.45) is 17.8 Å². The standard InChI is InChI=1S/C15H19F6O2.Na/c1-2-3-12(11-7-9-4-5-10(11)6-9)23-8-13(22,14(16,17)18)15(19,20)21;/h4-5,9-12H,2-3,6-8H2,1H3;/q-1;+1. The molecule has 2 aliphatic carbocycles. The van der Waals surface area contributed by atoms with Crippen molar-refractivity contribution < 1.29 is 65.7 Å². The molecule has 4 unspecified atom stereocenters. The zero-order valence-electron chi connectivity index (χ0n) is 13.6. The average Bonchev–Trinajstić information content (AvgIpc) is 3.02. The number of alkyl halides is 6. The second-order valence-electron chi connectivity index (χ2n) is 6.40. The van der Waals surface area contributed by atoms with Crippen LogP contribution in [0, 0.1) is 17.8 Å². The maximum absolute atomic E-state index is 12.6. The van der Waals surface area contributed by atoms with Crippen molar-refractivity contribution in [1.82, 2.24) is 0 Å². The minimum atomic E-state index is -5.95. The summed E-state index contributed by atoms with van der Waals surface area (Å²) in [5.74, 6) is 0.320. The third-order valence-corrected chi connectivity index (χ3v) is 4.80. The van der Waals surface area contributed by atoms with Crippen LogP contribution in [-0.4, -0.2) is 30.7 Å². The second kappa shape index (κ2) is 7.86. The van der Waals surface area contributed by atoms with Crippen molar-refractivity contribution >= 4 is 0 Å². The van der Waals surface area contributed by atoms with E-state index in [-0.39, 0.29) is 41.4 Å². The Balaban J connectivity index is 0.00000288. The topological polar surface area (TPSA) is 32.3 Å². The van der Waals surface area contributed by atoms with Crippen LogP contribution in [0.15, 0.2) is 12.2 Å². The smallest absolute Gasteiger partial charge is 0.835 e. The Labute approximate surface area is 158 Å². The summed E-state index contributed by atoms with van der Waals surface area (Å²) in [6, 6.07) is 0. The molecule has 0 radical (unpaired) electrons. The van der Waals surface area contributed by atoms with E-state index in [0.717, 1.165) is 6.42 Å². The molecule has 0 aromatic heterocycles. The maximum atomic E-state index is 12.6.